The molecule has 0 aliphatic carbocycles. The van der Waals surface area contributed by atoms with Gasteiger partial charge in [0.05, 0.1) is 10.6 Å². The van der Waals surface area contributed by atoms with E-state index in [9.17, 15) is 18.8 Å². The molecule has 33 heavy (non-hydrogen) atoms. The van der Waals surface area contributed by atoms with Gasteiger partial charge in [0, 0.05) is 18.8 Å². The van der Waals surface area contributed by atoms with Crippen molar-refractivity contribution in [3.8, 4) is 0 Å². The van der Waals surface area contributed by atoms with Crippen LogP contribution in [0.15, 0.2) is 35.2 Å². The van der Waals surface area contributed by atoms with Gasteiger partial charge in [0.25, 0.3) is 11.1 Å². The molecule has 6 nitrogen and oxygen atoms in total. The predicted octanol–water partition coefficient (Wildman–Crippen LogP) is 5.03. The monoisotopic (exact) mass is 467 g/mol. The van der Waals surface area contributed by atoms with E-state index < -0.39 is 17.1 Å². The first-order valence-corrected chi connectivity index (χ1v) is 11.7. The maximum absolute atomic E-state index is 14.8. The highest BCUT2D eigenvalue weighted by Gasteiger charge is 2.36. The van der Waals surface area contributed by atoms with Crippen LogP contribution in [0.4, 0.5) is 20.6 Å². The molecule has 8 heteroatoms. The molecule has 0 radical (unpaired) electrons. The lowest BCUT2D eigenvalue weighted by molar-refractivity contribution is -0.127. The number of hydrogen-bond donors (Lipinski definition) is 1. The number of nitrogens with zero attached hydrogens (tertiary/aromatic N) is 2. The molecular weight excluding hydrogens is 441 g/mol. The minimum Gasteiger partial charge on any atom is -0.369 e. The minimum atomic E-state index is -0.551. The molecule has 0 bridgehead atoms. The Hall–Kier alpha value is -3.13. The third-order valence-electron chi connectivity index (χ3n) is 5.99. The molecule has 1 N–H and O–H groups in total. The highest BCUT2D eigenvalue weighted by molar-refractivity contribution is 8.18. The second kappa shape index (κ2) is 9.39. The molecule has 0 atom stereocenters. The molecule has 0 unspecified atom stereocenters. The second-order valence-electron chi connectivity index (χ2n) is 8.44. The van der Waals surface area contributed by atoms with Gasteiger partial charge in [0.1, 0.15) is 12.4 Å². The van der Waals surface area contributed by atoms with Crippen molar-refractivity contribution < 1.29 is 18.8 Å². The molecule has 2 aliphatic rings. The van der Waals surface area contributed by atoms with Crippen molar-refractivity contribution >= 4 is 46.3 Å². The molecule has 0 spiro atoms. The average Bonchev–Trinajstić information content (AvgIpc) is 3.38. The normalized spacial score (nSPS) is 17.4. The van der Waals surface area contributed by atoms with Crippen molar-refractivity contribution in [1.29, 1.82) is 0 Å². The number of carbonyl (C=O) groups is 3. The molecular formula is C25H26FN3O3S. The fourth-order valence-electron chi connectivity index (χ4n) is 4.15. The van der Waals surface area contributed by atoms with E-state index in [0.717, 1.165) is 59.3 Å². The van der Waals surface area contributed by atoms with Gasteiger partial charge in [-0.05, 0) is 85.8 Å². The molecule has 2 aromatic carbocycles. The van der Waals surface area contributed by atoms with Crippen molar-refractivity contribution in [2.45, 2.75) is 33.6 Å². The van der Waals surface area contributed by atoms with E-state index in [0.29, 0.717) is 16.9 Å². The van der Waals surface area contributed by atoms with E-state index in [2.05, 4.69) is 5.32 Å². The van der Waals surface area contributed by atoms with Crippen LogP contribution in [0.3, 0.4) is 0 Å². The summed E-state index contributed by atoms with van der Waals surface area (Å²) < 4.78 is 14.8. The van der Waals surface area contributed by atoms with Gasteiger partial charge in [-0.25, -0.2) is 4.39 Å². The van der Waals surface area contributed by atoms with Crippen LogP contribution in [-0.2, 0) is 9.59 Å². The number of anilines is 2. The van der Waals surface area contributed by atoms with Crippen LogP contribution < -0.4 is 10.2 Å². The number of para-hydroxylation sites is 1. The lowest BCUT2D eigenvalue weighted by atomic mass is 10.1. The fourth-order valence-corrected chi connectivity index (χ4v) is 4.98. The van der Waals surface area contributed by atoms with E-state index in [1.807, 2.05) is 43.9 Å². The van der Waals surface area contributed by atoms with Crippen molar-refractivity contribution in [2.75, 3.05) is 29.9 Å². The SMILES string of the molecule is Cc1cc(N2CCCC2)c(F)cc1C=C1SC(=O)N(CC(=O)Nc2c(C)cccc2C)C1=O. The summed E-state index contributed by atoms with van der Waals surface area (Å²) in [6.45, 7) is 6.89. The number of rotatable bonds is 5. The Balaban J connectivity index is 1.50. The highest BCUT2D eigenvalue weighted by Crippen LogP contribution is 2.34. The number of carbonyl (C=O) groups excluding carboxylic acids is 3. The number of nitrogens with one attached hydrogen (secondary N) is 1. The summed E-state index contributed by atoms with van der Waals surface area (Å²) in [4.78, 5) is 41.0. The van der Waals surface area contributed by atoms with Gasteiger partial charge in [-0.2, -0.15) is 0 Å². The quantitative estimate of drug-likeness (QED) is 0.625. The Kier molecular flexibility index (Phi) is 6.56. The lowest BCUT2D eigenvalue weighted by Crippen LogP contribution is -2.36. The predicted molar refractivity (Wildman–Crippen MR) is 130 cm³/mol. The summed E-state index contributed by atoms with van der Waals surface area (Å²) in [5.74, 6) is -1.35. The van der Waals surface area contributed by atoms with E-state index in [4.69, 9.17) is 0 Å². The summed E-state index contributed by atoms with van der Waals surface area (Å²) >= 11 is 0.761. The second-order valence-corrected chi connectivity index (χ2v) is 9.43. The third-order valence-corrected chi connectivity index (χ3v) is 6.90. The zero-order valence-corrected chi connectivity index (χ0v) is 19.7. The maximum atomic E-state index is 14.8. The third kappa shape index (κ3) is 4.80. The van der Waals surface area contributed by atoms with Crippen molar-refractivity contribution in [1.82, 2.24) is 4.90 Å². The maximum Gasteiger partial charge on any atom is 0.294 e. The largest absolute Gasteiger partial charge is 0.369 e. The van der Waals surface area contributed by atoms with Crippen LogP contribution >= 0.6 is 11.8 Å². The van der Waals surface area contributed by atoms with Gasteiger partial charge in [-0.1, -0.05) is 18.2 Å². The summed E-state index contributed by atoms with van der Waals surface area (Å²) in [7, 11) is 0. The fraction of sp³-hybridized carbons (Fsp3) is 0.320. The number of aryl methyl sites for hydroxylation is 3. The molecule has 172 valence electrons. The Morgan fingerprint density at radius 1 is 1.09 bits per heavy atom. The number of imide groups is 1. The van der Waals surface area contributed by atoms with E-state index in [1.54, 1.807) is 6.07 Å². The summed E-state index contributed by atoms with van der Waals surface area (Å²) in [5.41, 5.74) is 4.39. The molecule has 4 rings (SSSR count). The van der Waals surface area contributed by atoms with Gasteiger partial charge in [-0.15, -0.1) is 0 Å². The van der Waals surface area contributed by atoms with Crippen LogP contribution in [0.25, 0.3) is 6.08 Å². The van der Waals surface area contributed by atoms with Crippen molar-refractivity contribution in [2.24, 2.45) is 0 Å². The highest BCUT2D eigenvalue weighted by atomic mass is 32.2. The average molecular weight is 468 g/mol. The summed E-state index contributed by atoms with van der Waals surface area (Å²) in [5, 5.41) is 2.27. The van der Waals surface area contributed by atoms with E-state index in [-0.39, 0.29) is 17.3 Å². The Labute approximate surface area is 196 Å². The van der Waals surface area contributed by atoms with Gasteiger partial charge in [-0.3, -0.25) is 19.3 Å². The van der Waals surface area contributed by atoms with Crippen LogP contribution in [-0.4, -0.2) is 41.6 Å². The first-order chi connectivity index (χ1) is 15.7. The summed E-state index contributed by atoms with van der Waals surface area (Å²) in [6.07, 6.45) is 3.62. The van der Waals surface area contributed by atoms with Gasteiger partial charge in [0.15, 0.2) is 0 Å². The number of halogens is 1. The van der Waals surface area contributed by atoms with Crippen molar-refractivity contribution in [3.05, 3.63) is 63.3 Å². The standard InChI is InChI=1S/C25H26FN3O3S/c1-15-7-6-8-16(2)23(15)27-22(30)14-29-24(31)21(33-25(29)32)13-18-12-19(26)20(11-17(18)3)28-9-4-5-10-28/h6-8,11-13H,4-5,9-10,14H2,1-3H3,(H,27,30). The topological polar surface area (TPSA) is 69.7 Å². The number of amides is 3. The first-order valence-electron chi connectivity index (χ1n) is 10.9. The Morgan fingerprint density at radius 3 is 2.42 bits per heavy atom. The number of benzene rings is 2. The molecule has 2 saturated heterocycles. The number of thioether (sulfide) groups is 1. The van der Waals surface area contributed by atoms with Crippen molar-refractivity contribution in [3.63, 3.8) is 0 Å². The zero-order valence-electron chi connectivity index (χ0n) is 18.9. The zero-order chi connectivity index (χ0) is 23.7. The summed E-state index contributed by atoms with van der Waals surface area (Å²) in [6, 6.07) is 8.84. The Bertz CT molecular complexity index is 1150. The molecule has 0 saturated carbocycles. The molecule has 0 aromatic heterocycles. The lowest BCUT2D eigenvalue weighted by Gasteiger charge is -2.19. The Morgan fingerprint density at radius 2 is 1.76 bits per heavy atom. The molecule has 2 aliphatic heterocycles. The van der Waals surface area contributed by atoms with Crippen LogP contribution in [0.2, 0.25) is 0 Å². The molecule has 3 amide bonds. The minimum absolute atomic E-state index is 0.177. The van der Waals surface area contributed by atoms with Gasteiger partial charge >= 0.3 is 0 Å². The smallest absolute Gasteiger partial charge is 0.294 e. The van der Waals surface area contributed by atoms with E-state index in [1.165, 1.54) is 12.1 Å². The van der Waals surface area contributed by atoms with E-state index >= 15 is 0 Å². The van der Waals surface area contributed by atoms with Gasteiger partial charge in [0.2, 0.25) is 5.91 Å². The van der Waals surface area contributed by atoms with Crippen LogP contribution in [0, 0.1) is 26.6 Å². The molecule has 2 aromatic rings. The van der Waals surface area contributed by atoms with Crippen LogP contribution in [0.5, 0.6) is 0 Å². The number of hydrogen-bond acceptors (Lipinski definition) is 5. The molecule has 2 heterocycles. The van der Waals surface area contributed by atoms with Crippen LogP contribution in [0.1, 0.15) is 35.1 Å². The molecule has 2 fully saturated rings. The van der Waals surface area contributed by atoms with Gasteiger partial charge < -0.3 is 10.2 Å². The first kappa shape index (κ1) is 23.0.